The van der Waals surface area contributed by atoms with Crippen LogP contribution in [0.1, 0.15) is 46.5 Å². The zero-order chi connectivity index (χ0) is 15.3. The lowest BCUT2D eigenvalue weighted by Gasteiger charge is -2.29. The maximum atomic E-state index is 11.6. The molecule has 0 atom stereocenters. The largest absolute Gasteiger partial charge is 0.457 e. The summed E-state index contributed by atoms with van der Waals surface area (Å²) in [7, 11) is 0. The van der Waals surface area contributed by atoms with Crippen molar-refractivity contribution >= 4 is 11.7 Å². The second-order valence-electron chi connectivity index (χ2n) is 6.55. The minimum absolute atomic E-state index is 0.116. The van der Waals surface area contributed by atoms with Gasteiger partial charge in [-0.3, -0.25) is 4.99 Å². The average Bonchev–Trinajstić information content (AvgIpc) is 2.86. The van der Waals surface area contributed by atoms with E-state index in [-0.39, 0.29) is 11.5 Å². The van der Waals surface area contributed by atoms with Gasteiger partial charge in [-0.05, 0) is 38.0 Å². The molecule has 2 aromatic rings. The summed E-state index contributed by atoms with van der Waals surface area (Å²) in [6.07, 6.45) is 0.944. The van der Waals surface area contributed by atoms with E-state index >= 15 is 0 Å². The summed E-state index contributed by atoms with van der Waals surface area (Å²) in [5.41, 5.74) is 6.08. The number of hydrogen-bond donors (Lipinski definition) is 0. The van der Waals surface area contributed by atoms with Gasteiger partial charge in [0.2, 0.25) is 0 Å². The summed E-state index contributed by atoms with van der Waals surface area (Å²) in [5, 5.41) is 0. The molecule has 3 nitrogen and oxygen atoms in total. The number of fused-ring (bicyclic) bond motifs is 2. The summed E-state index contributed by atoms with van der Waals surface area (Å²) >= 11 is 0. The number of cyclic esters (lactones) is 1. The first-order valence-electron chi connectivity index (χ1n) is 7.52. The van der Waals surface area contributed by atoms with Crippen LogP contribution in [0.25, 0.3) is 0 Å². The molecule has 2 aliphatic heterocycles. The van der Waals surface area contributed by atoms with Gasteiger partial charge in [-0.15, -0.1) is 0 Å². The van der Waals surface area contributed by atoms with Crippen LogP contribution in [0.3, 0.4) is 0 Å². The summed E-state index contributed by atoms with van der Waals surface area (Å²) in [4.78, 5) is 16.6. The van der Waals surface area contributed by atoms with Crippen LogP contribution in [0.5, 0.6) is 0 Å². The van der Waals surface area contributed by atoms with Gasteiger partial charge in [0.15, 0.2) is 0 Å². The molecule has 110 valence electrons. The van der Waals surface area contributed by atoms with Gasteiger partial charge in [0, 0.05) is 16.7 Å². The Bertz CT molecular complexity index is 818. The summed E-state index contributed by atoms with van der Waals surface area (Å²) < 4.78 is 5.10. The lowest BCUT2D eigenvalue weighted by molar-refractivity contribution is 0.0535. The molecule has 3 heteroatoms. The van der Waals surface area contributed by atoms with Crippen LogP contribution in [0.2, 0.25) is 0 Å². The van der Waals surface area contributed by atoms with Crippen LogP contribution in [-0.4, -0.2) is 17.2 Å². The van der Waals surface area contributed by atoms with Crippen LogP contribution in [0.15, 0.2) is 47.5 Å². The Morgan fingerprint density at radius 2 is 1.86 bits per heavy atom. The van der Waals surface area contributed by atoms with E-state index < -0.39 is 0 Å². The number of benzene rings is 2. The van der Waals surface area contributed by atoms with Crippen molar-refractivity contribution in [1.82, 2.24) is 0 Å². The van der Waals surface area contributed by atoms with Crippen molar-refractivity contribution in [1.29, 1.82) is 0 Å². The van der Waals surface area contributed by atoms with Crippen LogP contribution in [0.4, 0.5) is 0 Å². The zero-order valence-electron chi connectivity index (χ0n) is 12.7. The van der Waals surface area contributed by atoms with E-state index in [0.29, 0.717) is 12.2 Å². The molecule has 0 unspecified atom stereocenters. The highest BCUT2D eigenvalue weighted by atomic mass is 16.5. The summed E-state index contributed by atoms with van der Waals surface area (Å²) in [5.74, 6) is -0.229. The highest BCUT2D eigenvalue weighted by Gasteiger charge is 2.28. The maximum Gasteiger partial charge on any atom is 0.338 e. The fourth-order valence-electron chi connectivity index (χ4n) is 3.27. The van der Waals surface area contributed by atoms with Gasteiger partial charge < -0.3 is 4.74 Å². The number of hydrogen-bond acceptors (Lipinski definition) is 3. The summed E-state index contributed by atoms with van der Waals surface area (Å²) in [6.45, 7) is 4.67. The summed E-state index contributed by atoms with van der Waals surface area (Å²) in [6, 6.07) is 14.3. The molecule has 2 aromatic carbocycles. The van der Waals surface area contributed by atoms with Crippen molar-refractivity contribution in [3.63, 3.8) is 0 Å². The third kappa shape index (κ3) is 2.05. The monoisotopic (exact) mass is 291 g/mol. The Hall–Kier alpha value is -2.42. The fraction of sp³-hybridized carbons (Fsp3) is 0.263. The standard InChI is InChI=1S/C19H17NO2/c1-19(2)10-13-5-3-4-6-15(13)17(20-19)12-7-8-16-14(9-12)11-22-18(16)21/h3-9H,10-11H2,1-2H3. The van der Waals surface area contributed by atoms with E-state index in [1.165, 1.54) is 11.1 Å². The number of carbonyl (C=O) groups excluding carboxylic acids is 1. The van der Waals surface area contributed by atoms with Crippen molar-refractivity contribution in [2.45, 2.75) is 32.4 Å². The Labute approximate surface area is 129 Å². The SMILES string of the molecule is CC1(C)Cc2ccccc2C(c2ccc3c(c2)COC3=O)=N1. The Morgan fingerprint density at radius 3 is 2.73 bits per heavy atom. The van der Waals surface area contributed by atoms with Crippen LogP contribution < -0.4 is 0 Å². The van der Waals surface area contributed by atoms with Gasteiger partial charge >= 0.3 is 5.97 Å². The first kappa shape index (κ1) is 13.3. The first-order valence-corrected chi connectivity index (χ1v) is 7.52. The minimum atomic E-state index is -0.229. The second kappa shape index (κ2) is 4.54. The highest BCUT2D eigenvalue weighted by molar-refractivity contribution is 6.15. The molecule has 0 saturated carbocycles. The zero-order valence-corrected chi connectivity index (χ0v) is 12.7. The molecule has 0 bridgehead atoms. The fourth-order valence-corrected chi connectivity index (χ4v) is 3.27. The predicted molar refractivity (Wildman–Crippen MR) is 85.4 cm³/mol. The number of carbonyl (C=O) groups is 1. The maximum absolute atomic E-state index is 11.6. The molecule has 0 aliphatic carbocycles. The minimum Gasteiger partial charge on any atom is -0.457 e. The van der Waals surface area contributed by atoms with E-state index in [1.54, 1.807) is 0 Å². The number of esters is 1. The van der Waals surface area contributed by atoms with Gasteiger partial charge in [0.1, 0.15) is 6.61 Å². The topological polar surface area (TPSA) is 38.7 Å². The van der Waals surface area contributed by atoms with E-state index in [2.05, 4.69) is 32.0 Å². The van der Waals surface area contributed by atoms with Crippen molar-refractivity contribution in [2.75, 3.05) is 0 Å². The van der Waals surface area contributed by atoms with E-state index in [4.69, 9.17) is 9.73 Å². The predicted octanol–water partition coefficient (Wildman–Crippen LogP) is 3.53. The molecule has 2 aliphatic rings. The molecular weight excluding hydrogens is 274 g/mol. The smallest absolute Gasteiger partial charge is 0.338 e. The number of rotatable bonds is 1. The number of nitrogens with zero attached hydrogens (tertiary/aromatic N) is 1. The Morgan fingerprint density at radius 1 is 1.05 bits per heavy atom. The lowest BCUT2D eigenvalue weighted by Crippen LogP contribution is -2.29. The van der Waals surface area contributed by atoms with Crippen LogP contribution in [-0.2, 0) is 17.8 Å². The van der Waals surface area contributed by atoms with Crippen molar-refractivity contribution in [3.8, 4) is 0 Å². The van der Waals surface area contributed by atoms with Crippen LogP contribution in [0, 0.1) is 0 Å². The third-order valence-corrected chi connectivity index (χ3v) is 4.27. The first-order chi connectivity index (χ1) is 10.5. The van der Waals surface area contributed by atoms with Gasteiger partial charge in [0.05, 0.1) is 16.8 Å². The molecular formula is C19H17NO2. The third-order valence-electron chi connectivity index (χ3n) is 4.27. The molecule has 0 spiro atoms. The second-order valence-corrected chi connectivity index (χ2v) is 6.55. The van der Waals surface area contributed by atoms with Crippen LogP contribution >= 0.6 is 0 Å². The van der Waals surface area contributed by atoms with Crippen molar-refractivity contribution in [2.24, 2.45) is 4.99 Å². The van der Waals surface area contributed by atoms with E-state index in [0.717, 1.165) is 23.3 Å². The molecule has 0 N–H and O–H groups in total. The Kier molecular flexibility index (Phi) is 2.73. The number of ether oxygens (including phenoxy) is 1. The molecule has 0 radical (unpaired) electrons. The molecule has 2 heterocycles. The Balaban J connectivity index is 1.88. The highest BCUT2D eigenvalue weighted by Crippen LogP contribution is 2.30. The average molecular weight is 291 g/mol. The molecule has 0 aromatic heterocycles. The quantitative estimate of drug-likeness (QED) is 0.754. The molecule has 0 amide bonds. The van der Waals surface area contributed by atoms with Gasteiger partial charge in [-0.1, -0.05) is 30.3 Å². The normalized spacial score (nSPS) is 18.3. The van der Waals surface area contributed by atoms with Gasteiger partial charge in [0.25, 0.3) is 0 Å². The molecule has 0 saturated heterocycles. The lowest BCUT2D eigenvalue weighted by atomic mass is 9.84. The van der Waals surface area contributed by atoms with E-state index in [1.807, 2.05) is 24.3 Å². The molecule has 0 fully saturated rings. The molecule has 22 heavy (non-hydrogen) atoms. The van der Waals surface area contributed by atoms with Crippen molar-refractivity contribution < 1.29 is 9.53 Å². The number of aliphatic imine (C=N–C) groups is 1. The van der Waals surface area contributed by atoms with Crippen molar-refractivity contribution in [3.05, 3.63) is 70.3 Å². The van der Waals surface area contributed by atoms with E-state index in [9.17, 15) is 4.79 Å². The van der Waals surface area contributed by atoms with Gasteiger partial charge in [-0.25, -0.2) is 4.79 Å². The molecule has 4 rings (SSSR count). The van der Waals surface area contributed by atoms with Gasteiger partial charge in [-0.2, -0.15) is 0 Å².